The van der Waals surface area contributed by atoms with Crippen molar-refractivity contribution in [2.45, 2.75) is 45.6 Å². The Morgan fingerprint density at radius 2 is 2.24 bits per heavy atom. The van der Waals surface area contributed by atoms with Crippen LogP contribution < -0.4 is 5.32 Å². The molecule has 1 heterocycles. The van der Waals surface area contributed by atoms with E-state index in [9.17, 15) is 0 Å². The van der Waals surface area contributed by atoms with E-state index in [1.54, 1.807) is 0 Å². The molecule has 1 aromatic rings. The number of hydrogen-bond acceptors (Lipinski definition) is 1. The van der Waals surface area contributed by atoms with E-state index in [4.69, 9.17) is 11.6 Å². The number of hydrogen-bond donors (Lipinski definition) is 1. The van der Waals surface area contributed by atoms with Gasteiger partial charge in [0.05, 0.1) is 0 Å². The van der Waals surface area contributed by atoms with Crippen LogP contribution in [-0.4, -0.2) is 12.6 Å². The topological polar surface area (TPSA) is 12.0 Å². The van der Waals surface area contributed by atoms with Gasteiger partial charge in [-0.25, -0.2) is 0 Å². The lowest BCUT2D eigenvalue weighted by molar-refractivity contribution is 0.294. The zero-order valence-electron chi connectivity index (χ0n) is 10.8. The maximum absolute atomic E-state index is 6.29. The first-order valence-corrected chi connectivity index (χ1v) is 7.05. The highest BCUT2D eigenvalue weighted by Crippen LogP contribution is 2.24. The summed E-state index contributed by atoms with van der Waals surface area (Å²) in [4.78, 5) is 0. The number of piperidine rings is 1. The predicted octanol–water partition coefficient (Wildman–Crippen LogP) is 3.97. The minimum absolute atomic E-state index is 0.605. The second-order valence-corrected chi connectivity index (χ2v) is 5.66. The van der Waals surface area contributed by atoms with Crippen molar-refractivity contribution in [1.29, 1.82) is 0 Å². The summed E-state index contributed by atoms with van der Waals surface area (Å²) < 4.78 is 0. The maximum atomic E-state index is 6.29. The van der Waals surface area contributed by atoms with E-state index >= 15 is 0 Å². The normalized spacial score (nSPS) is 24.9. The van der Waals surface area contributed by atoms with Gasteiger partial charge >= 0.3 is 0 Å². The molecule has 1 aliphatic heterocycles. The average molecular weight is 252 g/mol. The van der Waals surface area contributed by atoms with Crippen LogP contribution in [0, 0.1) is 12.8 Å². The van der Waals surface area contributed by atoms with Gasteiger partial charge in [-0.1, -0.05) is 37.1 Å². The van der Waals surface area contributed by atoms with Crippen molar-refractivity contribution in [3.63, 3.8) is 0 Å². The first-order chi connectivity index (χ1) is 8.19. The molecule has 0 aromatic heterocycles. The van der Waals surface area contributed by atoms with E-state index in [0.29, 0.717) is 6.04 Å². The zero-order chi connectivity index (χ0) is 12.3. The van der Waals surface area contributed by atoms with E-state index in [1.807, 2.05) is 0 Å². The number of halogens is 1. The minimum atomic E-state index is 0.605. The van der Waals surface area contributed by atoms with E-state index < -0.39 is 0 Å². The molecule has 2 rings (SSSR count). The molecule has 1 saturated heterocycles. The Kier molecular flexibility index (Phi) is 4.47. The van der Waals surface area contributed by atoms with Crippen LogP contribution in [0.3, 0.4) is 0 Å². The molecular weight excluding hydrogens is 230 g/mol. The molecule has 2 unspecified atom stereocenters. The summed E-state index contributed by atoms with van der Waals surface area (Å²) in [6.45, 7) is 5.54. The summed E-state index contributed by atoms with van der Waals surface area (Å²) in [5.41, 5.74) is 2.52. The Labute approximate surface area is 110 Å². The first-order valence-electron chi connectivity index (χ1n) is 6.67. The van der Waals surface area contributed by atoms with Crippen molar-refractivity contribution in [2.24, 2.45) is 5.92 Å². The van der Waals surface area contributed by atoms with Crippen molar-refractivity contribution >= 4 is 11.6 Å². The summed E-state index contributed by atoms with van der Waals surface area (Å²) >= 11 is 6.29. The maximum Gasteiger partial charge on any atom is 0.0441 e. The van der Waals surface area contributed by atoms with Gasteiger partial charge in [0.25, 0.3) is 0 Å². The number of nitrogens with one attached hydrogen (secondary N) is 1. The summed E-state index contributed by atoms with van der Waals surface area (Å²) in [6, 6.07) is 7.00. The lowest BCUT2D eigenvalue weighted by Crippen LogP contribution is -2.39. The molecule has 2 atom stereocenters. The third-order valence-electron chi connectivity index (χ3n) is 3.86. The monoisotopic (exact) mass is 251 g/mol. The van der Waals surface area contributed by atoms with Gasteiger partial charge in [0.2, 0.25) is 0 Å². The zero-order valence-corrected chi connectivity index (χ0v) is 11.6. The molecular formula is C15H22ClN. The Hall–Kier alpha value is -0.530. The fourth-order valence-electron chi connectivity index (χ4n) is 2.70. The molecule has 1 nitrogen and oxygen atoms in total. The molecule has 0 radical (unpaired) electrons. The highest BCUT2D eigenvalue weighted by atomic mass is 35.5. The summed E-state index contributed by atoms with van der Waals surface area (Å²) in [6.07, 6.45) is 4.99. The van der Waals surface area contributed by atoms with Crippen LogP contribution >= 0.6 is 11.6 Å². The summed E-state index contributed by atoms with van der Waals surface area (Å²) in [5, 5.41) is 4.54. The van der Waals surface area contributed by atoms with E-state index in [-0.39, 0.29) is 0 Å². The number of aryl methyl sites for hydroxylation is 1. The van der Waals surface area contributed by atoms with Gasteiger partial charge in [0, 0.05) is 11.1 Å². The smallest absolute Gasteiger partial charge is 0.0441 e. The Balaban J connectivity index is 2.00. The van der Waals surface area contributed by atoms with Gasteiger partial charge in [-0.15, -0.1) is 0 Å². The van der Waals surface area contributed by atoms with Gasteiger partial charge < -0.3 is 5.32 Å². The van der Waals surface area contributed by atoms with Crippen LogP contribution in [-0.2, 0) is 6.42 Å². The van der Waals surface area contributed by atoms with Crippen molar-refractivity contribution in [3.05, 3.63) is 34.3 Å². The highest BCUT2D eigenvalue weighted by Gasteiger charge is 2.20. The predicted molar refractivity (Wildman–Crippen MR) is 74.7 cm³/mol. The van der Waals surface area contributed by atoms with Crippen molar-refractivity contribution in [3.8, 4) is 0 Å². The van der Waals surface area contributed by atoms with Crippen LogP contribution in [0.15, 0.2) is 18.2 Å². The van der Waals surface area contributed by atoms with Gasteiger partial charge in [-0.2, -0.15) is 0 Å². The number of benzene rings is 1. The quantitative estimate of drug-likeness (QED) is 0.857. The molecule has 0 saturated carbocycles. The molecule has 0 bridgehead atoms. The van der Waals surface area contributed by atoms with Crippen LogP contribution in [0.5, 0.6) is 0 Å². The van der Waals surface area contributed by atoms with Gasteiger partial charge in [-0.05, 0) is 55.8 Å². The van der Waals surface area contributed by atoms with Crippen molar-refractivity contribution in [2.75, 3.05) is 6.54 Å². The second-order valence-electron chi connectivity index (χ2n) is 5.25. The standard InChI is InChI=1S/C15H22ClN/c1-3-12-6-7-17-14(9-12)10-13-5-4-11(2)8-15(13)16/h4-5,8,12,14,17H,3,6-7,9-10H2,1-2H3. The van der Waals surface area contributed by atoms with Gasteiger partial charge in [0.15, 0.2) is 0 Å². The highest BCUT2D eigenvalue weighted by molar-refractivity contribution is 6.31. The van der Waals surface area contributed by atoms with Crippen LogP contribution in [0.25, 0.3) is 0 Å². The molecule has 1 aromatic carbocycles. The largest absolute Gasteiger partial charge is 0.314 e. The lowest BCUT2D eigenvalue weighted by atomic mass is 9.87. The fourth-order valence-corrected chi connectivity index (χ4v) is 3.02. The summed E-state index contributed by atoms with van der Waals surface area (Å²) in [5.74, 6) is 0.894. The molecule has 94 valence electrons. The Bertz CT molecular complexity index is 375. The lowest BCUT2D eigenvalue weighted by Gasteiger charge is -2.30. The van der Waals surface area contributed by atoms with Crippen LogP contribution in [0.1, 0.15) is 37.3 Å². The average Bonchev–Trinajstić information content (AvgIpc) is 2.33. The second kappa shape index (κ2) is 5.88. The third kappa shape index (κ3) is 3.46. The molecule has 2 heteroatoms. The molecule has 0 spiro atoms. The van der Waals surface area contributed by atoms with E-state index in [2.05, 4.69) is 37.4 Å². The first kappa shape index (κ1) is 12.9. The summed E-state index contributed by atoms with van der Waals surface area (Å²) in [7, 11) is 0. The van der Waals surface area contributed by atoms with Crippen molar-refractivity contribution < 1.29 is 0 Å². The fraction of sp³-hybridized carbons (Fsp3) is 0.600. The molecule has 1 aliphatic rings. The molecule has 0 amide bonds. The van der Waals surface area contributed by atoms with Crippen LogP contribution in [0.2, 0.25) is 5.02 Å². The SMILES string of the molecule is CCC1CCNC(Cc2ccc(C)cc2Cl)C1. The Morgan fingerprint density at radius 1 is 1.41 bits per heavy atom. The molecule has 1 fully saturated rings. The van der Waals surface area contributed by atoms with Gasteiger partial charge in [-0.3, -0.25) is 0 Å². The van der Waals surface area contributed by atoms with E-state index in [0.717, 1.165) is 23.9 Å². The van der Waals surface area contributed by atoms with Gasteiger partial charge in [0.1, 0.15) is 0 Å². The third-order valence-corrected chi connectivity index (χ3v) is 4.21. The van der Waals surface area contributed by atoms with E-state index in [1.165, 1.54) is 30.4 Å². The minimum Gasteiger partial charge on any atom is -0.314 e. The van der Waals surface area contributed by atoms with Crippen LogP contribution in [0.4, 0.5) is 0 Å². The molecule has 0 aliphatic carbocycles. The Morgan fingerprint density at radius 3 is 2.94 bits per heavy atom. The number of rotatable bonds is 3. The molecule has 17 heavy (non-hydrogen) atoms. The van der Waals surface area contributed by atoms with Crippen molar-refractivity contribution in [1.82, 2.24) is 5.32 Å². The molecule has 1 N–H and O–H groups in total.